The van der Waals surface area contributed by atoms with Crippen LogP contribution in [0.25, 0.3) is 11.3 Å². The van der Waals surface area contributed by atoms with Crippen LogP contribution in [0.3, 0.4) is 0 Å². The van der Waals surface area contributed by atoms with Crippen molar-refractivity contribution in [2.45, 2.75) is 19.4 Å². The van der Waals surface area contributed by atoms with E-state index in [0.29, 0.717) is 35.7 Å². The van der Waals surface area contributed by atoms with Gasteiger partial charge in [-0.05, 0) is 43.2 Å². The second-order valence-electron chi connectivity index (χ2n) is 6.66. The smallest absolute Gasteiger partial charge is 0.258 e. The zero-order chi connectivity index (χ0) is 20.1. The van der Waals surface area contributed by atoms with Crippen LogP contribution in [0.1, 0.15) is 16.7 Å². The number of nitrogens with zero attached hydrogens (tertiary/aromatic N) is 4. The topological polar surface area (TPSA) is 110 Å². The van der Waals surface area contributed by atoms with Gasteiger partial charge in [0.25, 0.3) is 5.56 Å². The molecule has 3 aromatic rings. The molecule has 142 valence electrons. The third-order valence-electron chi connectivity index (χ3n) is 4.57. The first-order valence-electron chi connectivity index (χ1n) is 8.96. The molecule has 0 fully saturated rings. The zero-order valence-corrected chi connectivity index (χ0v) is 15.9. The second-order valence-corrected chi connectivity index (χ2v) is 6.66. The molecule has 0 radical (unpaired) electrons. The first kappa shape index (κ1) is 19.3. The van der Waals surface area contributed by atoms with Crippen LogP contribution in [0.4, 0.5) is 5.95 Å². The van der Waals surface area contributed by atoms with Crippen LogP contribution in [0.15, 0.2) is 53.6 Å². The van der Waals surface area contributed by atoms with E-state index in [4.69, 9.17) is 11.0 Å². The van der Waals surface area contributed by atoms with Gasteiger partial charge in [-0.2, -0.15) is 5.26 Å². The van der Waals surface area contributed by atoms with Crippen LogP contribution in [0.5, 0.6) is 0 Å². The minimum atomic E-state index is -0.171. The molecule has 0 saturated heterocycles. The van der Waals surface area contributed by atoms with E-state index in [0.717, 1.165) is 11.1 Å². The van der Waals surface area contributed by atoms with Gasteiger partial charge in [0.15, 0.2) is 0 Å². The average Bonchev–Trinajstić information content (AvgIpc) is 2.73. The molecule has 0 bridgehead atoms. The molecule has 3 N–H and O–H groups in total. The maximum absolute atomic E-state index is 12.6. The molecule has 1 unspecified atom stereocenters. The summed E-state index contributed by atoms with van der Waals surface area (Å²) in [5.74, 6) is 0.470. The number of nitriles is 1. The summed E-state index contributed by atoms with van der Waals surface area (Å²) in [6, 6.07) is 13.0. The van der Waals surface area contributed by atoms with Crippen molar-refractivity contribution in [1.29, 1.82) is 5.26 Å². The van der Waals surface area contributed by atoms with E-state index in [9.17, 15) is 4.79 Å². The van der Waals surface area contributed by atoms with Crippen molar-refractivity contribution < 1.29 is 0 Å². The number of hydrogen-bond acceptors (Lipinski definition) is 6. The van der Waals surface area contributed by atoms with Crippen molar-refractivity contribution in [2.75, 3.05) is 11.9 Å². The highest BCUT2D eigenvalue weighted by molar-refractivity contribution is 5.63. The van der Waals surface area contributed by atoms with Crippen molar-refractivity contribution in [3.8, 4) is 17.3 Å². The van der Waals surface area contributed by atoms with E-state index in [1.165, 1.54) is 4.57 Å². The first-order valence-corrected chi connectivity index (χ1v) is 8.96. The minimum Gasteiger partial charge on any atom is -0.354 e. The summed E-state index contributed by atoms with van der Waals surface area (Å²) in [7, 11) is 1.69. The molecule has 1 aromatic carbocycles. The highest BCUT2D eigenvalue weighted by Gasteiger charge is 2.14. The maximum Gasteiger partial charge on any atom is 0.258 e. The van der Waals surface area contributed by atoms with E-state index in [-0.39, 0.29) is 11.6 Å². The Morgan fingerprint density at radius 2 is 1.89 bits per heavy atom. The summed E-state index contributed by atoms with van der Waals surface area (Å²) in [4.78, 5) is 21.2. The van der Waals surface area contributed by atoms with Gasteiger partial charge in [0, 0.05) is 43.2 Å². The number of aromatic nitrogens is 3. The highest BCUT2D eigenvalue weighted by Crippen LogP contribution is 2.19. The number of nitrogens with one attached hydrogen (secondary N) is 1. The average molecular weight is 374 g/mol. The van der Waals surface area contributed by atoms with Crippen LogP contribution in [0.2, 0.25) is 0 Å². The van der Waals surface area contributed by atoms with Crippen LogP contribution < -0.4 is 16.6 Å². The SMILES string of the molecule is Cc1c(-c2ccncc2)nc(NCC(N)Cc2ccc(C#N)cc2)n(C)c1=O. The van der Waals surface area contributed by atoms with Crippen LogP contribution in [-0.4, -0.2) is 27.1 Å². The lowest BCUT2D eigenvalue weighted by molar-refractivity contribution is 0.687. The number of anilines is 1. The number of rotatable bonds is 6. The van der Waals surface area contributed by atoms with Gasteiger partial charge in [-0.25, -0.2) is 4.98 Å². The molecule has 3 rings (SSSR count). The van der Waals surface area contributed by atoms with Gasteiger partial charge in [0.2, 0.25) is 5.95 Å². The lowest BCUT2D eigenvalue weighted by Crippen LogP contribution is -2.34. The third-order valence-corrected chi connectivity index (χ3v) is 4.57. The van der Waals surface area contributed by atoms with Crippen molar-refractivity contribution in [1.82, 2.24) is 14.5 Å². The van der Waals surface area contributed by atoms with Gasteiger partial charge in [0.05, 0.1) is 17.3 Å². The number of benzene rings is 1. The molecule has 2 aromatic heterocycles. The minimum absolute atomic E-state index is 0.107. The molecule has 7 heteroatoms. The van der Waals surface area contributed by atoms with Crippen molar-refractivity contribution in [2.24, 2.45) is 12.8 Å². The Kier molecular flexibility index (Phi) is 5.82. The van der Waals surface area contributed by atoms with Crippen LogP contribution in [-0.2, 0) is 13.5 Å². The number of hydrogen-bond donors (Lipinski definition) is 2. The van der Waals surface area contributed by atoms with Gasteiger partial charge in [-0.15, -0.1) is 0 Å². The van der Waals surface area contributed by atoms with E-state index in [1.54, 1.807) is 38.5 Å². The molecule has 0 spiro atoms. The first-order chi connectivity index (χ1) is 13.5. The van der Waals surface area contributed by atoms with Crippen molar-refractivity contribution >= 4 is 5.95 Å². The lowest BCUT2D eigenvalue weighted by atomic mass is 10.1. The van der Waals surface area contributed by atoms with Gasteiger partial charge in [0.1, 0.15) is 0 Å². The van der Waals surface area contributed by atoms with Crippen molar-refractivity contribution in [3.05, 3.63) is 75.8 Å². The quantitative estimate of drug-likeness (QED) is 0.683. The lowest BCUT2D eigenvalue weighted by Gasteiger charge is -2.17. The van der Waals surface area contributed by atoms with Gasteiger partial charge in [-0.3, -0.25) is 14.3 Å². The molecular formula is C21H22N6O. The predicted octanol–water partition coefficient (Wildman–Crippen LogP) is 2.00. The number of nitrogens with two attached hydrogens (primary N) is 1. The Labute approximate surface area is 163 Å². The predicted molar refractivity (Wildman–Crippen MR) is 109 cm³/mol. The standard InChI is InChI=1S/C21H22N6O/c1-14-19(17-7-9-24-10-8-17)26-21(27(2)20(14)28)25-13-18(23)11-15-3-5-16(12-22)6-4-15/h3-10,18H,11,13,23H2,1-2H3,(H,25,26). The molecule has 1 atom stereocenters. The summed E-state index contributed by atoms with van der Waals surface area (Å²) in [6.45, 7) is 2.23. The number of pyridine rings is 1. The van der Waals surface area contributed by atoms with Gasteiger partial charge >= 0.3 is 0 Å². The Morgan fingerprint density at radius 1 is 1.21 bits per heavy atom. The summed E-state index contributed by atoms with van der Waals surface area (Å²) in [6.07, 6.45) is 4.00. The molecule has 0 aliphatic carbocycles. The molecule has 0 saturated carbocycles. The summed E-state index contributed by atoms with van der Waals surface area (Å²) >= 11 is 0. The summed E-state index contributed by atoms with van der Waals surface area (Å²) < 4.78 is 1.49. The molecular weight excluding hydrogens is 352 g/mol. The maximum atomic E-state index is 12.6. The fraction of sp³-hybridized carbons (Fsp3) is 0.238. The normalized spacial score (nSPS) is 11.6. The molecule has 7 nitrogen and oxygen atoms in total. The molecule has 2 heterocycles. The Bertz CT molecular complexity index is 1050. The highest BCUT2D eigenvalue weighted by atomic mass is 16.1. The van der Waals surface area contributed by atoms with Crippen LogP contribution in [0, 0.1) is 18.3 Å². The van der Waals surface area contributed by atoms with E-state index < -0.39 is 0 Å². The van der Waals surface area contributed by atoms with Crippen LogP contribution >= 0.6 is 0 Å². The summed E-state index contributed by atoms with van der Waals surface area (Å²) in [5, 5.41) is 12.1. The molecule has 0 aliphatic rings. The Hall–Kier alpha value is -3.50. The van der Waals surface area contributed by atoms with Crippen molar-refractivity contribution in [3.63, 3.8) is 0 Å². The van der Waals surface area contributed by atoms with E-state index >= 15 is 0 Å². The van der Waals surface area contributed by atoms with Gasteiger partial charge < -0.3 is 11.1 Å². The van der Waals surface area contributed by atoms with E-state index in [1.807, 2.05) is 24.3 Å². The molecule has 28 heavy (non-hydrogen) atoms. The fourth-order valence-electron chi connectivity index (χ4n) is 2.98. The summed E-state index contributed by atoms with van der Waals surface area (Å²) in [5.41, 5.74) is 9.87. The molecule has 0 amide bonds. The fourth-order valence-corrected chi connectivity index (χ4v) is 2.98. The largest absolute Gasteiger partial charge is 0.354 e. The van der Waals surface area contributed by atoms with Gasteiger partial charge in [-0.1, -0.05) is 12.1 Å². The molecule has 0 aliphatic heterocycles. The Balaban J connectivity index is 1.75. The monoisotopic (exact) mass is 374 g/mol. The second kappa shape index (κ2) is 8.46. The Morgan fingerprint density at radius 3 is 2.54 bits per heavy atom. The zero-order valence-electron chi connectivity index (χ0n) is 15.9. The third kappa shape index (κ3) is 4.24. The van der Waals surface area contributed by atoms with E-state index in [2.05, 4.69) is 21.4 Å².